The summed E-state index contributed by atoms with van der Waals surface area (Å²) in [6, 6.07) is 32.6. The van der Waals surface area contributed by atoms with Gasteiger partial charge in [-0.05, 0) is 63.2 Å². The number of fused-ring (bicyclic) bond motifs is 3. The number of hydrogen-bond donors (Lipinski definition) is 0. The van der Waals surface area contributed by atoms with Gasteiger partial charge in [-0.25, -0.2) is 4.98 Å². The molecule has 0 bridgehead atoms. The van der Waals surface area contributed by atoms with Crippen LogP contribution in [-0.2, 0) is 25.6 Å². The smallest absolute Gasteiger partial charge is 0.216 e. The van der Waals surface area contributed by atoms with E-state index in [0.717, 1.165) is 50.2 Å². The minimum Gasteiger partial charge on any atom is -0.486 e. The molecule has 0 saturated carbocycles. The van der Waals surface area contributed by atoms with Crippen LogP contribution in [0.1, 0.15) is 30.7 Å². The van der Waals surface area contributed by atoms with E-state index < -0.39 is 0 Å². The predicted molar refractivity (Wildman–Crippen MR) is 165 cm³/mol. The molecule has 0 N–H and O–H groups in total. The molecule has 0 saturated heterocycles. The van der Waals surface area contributed by atoms with E-state index in [4.69, 9.17) is 9.40 Å². The van der Waals surface area contributed by atoms with Crippen LogP contribution in [0.4, 0.5) is 0 Å². The zero-order valence-corrected chi connectivity index (χ0v) is 26.2. The van der Waals surface area contributed by atoms with E-state index in [9.17, 15) is 0 Å². The molecule has 3 aromatic carbocycles. The summed E-state index contributed by atoms with van der Waals surface area (Å²) in [5.41, 5.74) is 9.94. The molecule has 0 spiro atoms. The Balaban J connectivity index is 0.000000147. The van der Waals surface area contributed by atoms with Crippen molar-refractivity contribution in [3.63, 3.8) is 0 Å². The first-order valence-corrected chi connectivity index (χ1v) is 13.7. The van der Waals surface area contributed by atoms with Crippen molar-refractivity contribution < 1.29 is 24.5 Å². The summed E-state index contributed by atoms with van der Waals surface area (Å²) >= 11 is 0. The molecular formula is C36H28IrN4O-2. The van der Waals surface area contributed by atoms with Crippen molar-refractivity contribution in [1.82, 2.24) is 19.5 Å². The average molecular weight is 725 g/mol. The van der Waals surface area contributed by atoms with Crippen LogP contribution >= 0.6 is 0 Å². The Labute approximate surface area is 258 Å². The number of rotatable bonds is 2. The summed E-state index contributed by atoms with van der Waals surface area (Å²) in [6.07, 6.45) is 6.26. The minimum absolute atomic E-state index is 0. The van der Waals surface area contributed by atoms with Crippen molar-refractivity contribution in [3.8, 4) is 22.6 Å². The number of pyridine rings is 2. The fourth-order valence-electron chi connectivity index (χ4n) is 5.55. The molecule has 5 heterocycles. The molecule has 4 aromatic heterocycles. The second kappa shape index (κ2) is 10.8. The predicted octanol–water partition coefficient (Wildman–Crippen LogP) is 8.72. The standard InChI is InChI=1S/C19H17N2.C17H11N2O.Ir/c1-13-9-10-16-17-15(13)11-12-19(2,3)21(17)18(20-16)14-7-5-4-6-8-14;1-11-8-9-13-12-5-4-6-14(15-7-2-3-10-18-15)16(12)20-17(13)19-11;/h4-7,9-12H,1-3H3;2-5,7-10H,1H3;/q2*-1;. The fraction of sp³-hybridized carbons (Fsp3) is 0.139. The summed E-state index contributed by atoms with van der Waals surface area (Å²) in [4.78, 5) is 13.7. The molecule has 0 unspecified atom stereocenters. The Morgan fingerprint density at radius 2 is 1.69 bits per heavy atom. The zero-order chi connectivity index (χ0) is 28.1. The van der Waals surface area contributed by atoms with Crippen molar-refractivity contribution >= 4 is 39.2 Å². The molecule has 5 nitrogen and oxygen atoms in total. The molecule has 0 atom stereocenters. The molecule has 42 heavy (non-hydrogen) atoms. The monoisotopic (exact) mass is 725 g/mol. The van der Waals surface area contributed by atoms with Crippen molar-refractivity contribution in [2.75, 3.05) is 0 Å². The molecule has 7 aromatic rings. The SMILES string of the molecule is Cc1ccc2c(n1)oc1c(-c3ccccn3)[c-]ccc12.Cc1ccc2nc(-c3[c-]cccc3)n3c2c1C=CC3(C)C.[Ir]. The van der Waals surface area contributed by atoms with Crippen LogP contribution < -0.4 is 0 Å². The molecule has 0 fully saturated rings. The number of aromatic nitrogens is 4. The Hall–Kier alpha value is -4.38. The van der Waals surface area contributed by atoms with Crippen LogP contribution in [0.5, 0.6) is 0 Å². The second-order valence-corrected chi connectivity index (χ2v) is 10.9. The molecule has 1 aliphatic heterocycles. The first-order chi connectivity index (χ1) is 19.9. The molecule has 0 amide bonds. The van der Waals surface area contributed by atoms with Crippen LogP contribution in [0.15, 0.2) is 95.6 Å². The van der Waals surface area contributed by atoms with Gasteiger partial charge in [0.1, 0.15) is 0 Å². The van der Waals surface area contributed by atoms with Gasteiger partial charge in [0.05, 0.1) is 28.0 Å². The largest absolute Gasteiger partial charge is 0.486 e. The van der Waals surface area contributed by atoms with Gasteiger partial charge in [0.2, 0.25) is 5.71 Å². The number of allylic oxidation sites excluding steroid dienone is 1. The Kier molecular flexibility index (Phi) is 7.13. The third-order valence-corrected chi connectivity index (χ3v) is 7.62. The second-order valence-electron chi connectivity index (χ2n) is 10.9. The fourth-order valence-corrected chi connectivity index (χ4v) is 5.55. The van der Waals surface area contributed by atoms with Gasteiger partial charge in [-0.15, -0.1) is 54.1 Å². The summed E-state index contributed by atoms with van der Waals surface area (Å²) in [5, 5.41) is 2.07. The Bertz CT molecular complexity index is 2090. The van der Waals surface area contributed by atoms with E-state index in [2.05, 4.69) is 77.8 Å². The molecule has 209 valence electrons. The molecule has 1 aliphatic rings. The summed E-state index contributed by atoms with van der Waals surface area (Å²) in [6.45, 7) is 8.56. The van der Waals surface area contributed by atoms with Gasteiger partial charge >= 0.3 is 0 Å². The van der Waals surface area contributed by atoms with Gasteiger partial charge in [0, 0.05) is 42.9 Å². The third kappa shape index (κ3) is 4.67. The van der Waals surface area contributed by atoms with Gasteiger partial charge in [0.15, 0.2) is 0 Å². The number of nitrogens with zero attached hydrogens (tertiary/aromatic N) is 4. The van der Waals surface area contributed by atoms with Crippen LogP contribution in [0.2, 0.25) is 0 Å². The van der Waals surface area contributed by atoms with Crippen molar-refractivity contribution in [2.45, 2.75) is 33.2 Å². The van der Waals surface area contributed by atoms with Gasteiger partial charge < -0.3 is 14.0 Å². The topological polar surface area (TPSA) is 56.7 Å². The first kappa shape index (κ1) is 27.8. The van der Waals surface area contributed by atoms with Gasteiger partial charge in [-0.1, -0.05) is 41.3 Å². The zero-order valence-electron chi connectivity index (χ0n) is 23.8. The Morgan fingerprint density at radius 3 is 2.48 bits per heavy atom. The van der Waals surface area contributed by atoms with Gasteiger partial charge in [0.25, 0.3) is 0 Å². The summed E-state index contributed by atoms with van der Waals surface area (Å²) in [5.74, 6) is 0.992. The van der Waals surface area contributed by atoms with E-state index in [1.54, 1.807) is 6.20 Å². The van der Waals surface area contributed by atoms with E-state index in [0.29, 0.717) is 5.71 Å². The van der Waals surface area contributed by atoms with Crippen molar-refractivity contribution in [1.29, 1.82) is 0 Å². The molecule has 6 heteroatoms. The van der Waals surface area contributed by atoms with Crippen LogP contribution in [0.25, 0.3) is 61.8 Å². The first-order valence-electron chi connectivity index (χ1n) is 13.7. The van der Waals surface area contributed by atoms with E-state index >= 15 is 0 Å². The molecular weight excluding hydrogens is 697 g/mol. The maximum absolute atomic E-state index is 5.94. The maximum Gasteiger partial charge on any atom is 0.216 e. The quantitative estimate of drug-likeness (QED) is 0.168. The molecule has 0 aliphatic carbocycles. The number of aryl methyl sites for hydroxylation is 2. The maximum atomic E-state index is 5.94. The number of imidazole rings is 1. The number of furan rings is 1. The van der Waals surface area contributed by atoms with Crippen LogP contribution in [0, 0.1) is 26.0 Å². The van der Waals surface area contributed by atoms with Crippen LogP contribution in [-0.4, -0.2) is 19.5 Å². The minimum atomic E-state index is -0.0887. The number of benzene rings is 3. The van der Waals surface area contributed by atoms with E-state index in [1.807, 2.05) is 67.6 Å². The Morgan fingerprint density at radius 1 is 0.833 bits per heavy atom. The summed E-state index contributed by atoms with van der Waals surface area (Å²) < 4.78 is 8.28. The van der Waals surface area contributed by atoms with Gasteiger partial charge in [-0.3, -0.25) is 4.98 Å². The van der Waals surface area contributed by atoms with Gasteiger partial charge in [-0.2, -0.15) is 0 Å². The molecule has 8 rings (SSSR count). The average Bonchev–Trinajstić information content (AvgIpc) is 3.57. The normalized spacial score (nSPS) is 13.1. The molecule has 1 radical (unpaired) electrons. The van der Waals surface area contributed by atoms with Crippen molar-refractivity contribution in [2.24, 2.45) is 0 Å². The number of hydrogen-bond acceptors (Lipinski definition) is 4. The summed E-state index contributed by atoms with van der Waals surface area (Å²) in [7, 11) is 0. The van der Waals surface area contributed by atoms with Crippen LogP contribution in [0.3, 0.4) is 0 Å². The third-order valence-electron chi connectivity index (χ3n) is 7.62. The van der Waals surface area contributed by atoms with Crippen molar-refractivity contribution in [3.05, 3.63) is 120 Å². The van der Waals surface area contributed by atoms with E-state index in [-0.39, 0.29) is 25.6 Å². The van der Waals surface area contributed by atoms with E-state index in [1.165, 1.54) is 16.6 Å².